The van der Waals surface area contributed by atoms with Gasteiger partial charge >= 0.3 is 0 Å². The van der Waals surface area contributed by atoms with Crippen LogP contribution in [0.2, 0.25) is 0 Å². The molecule has 0 aromatic carbocycles. The third-order valence-electron chi connectivity index (χ3n) is 4.73. The fourth-order valence-corrected chi connectivity index (χ4v) is 3.38. The van der Waals surface area contributed by atoms with Gasteiger partial charge in [0.1, 0.15) is 5.82 Å². The number of aromatic amines is 1. The average Bonchev–Trinajstić information content (AvgIpc) is 3.01. The topological polar surface area (TPSA) is 91.0 Å². The van der Waals surface area contributed by atoms with Gasteiger partial charge in [-0.25, -0.2) is 13.8 Å². The molecule has 136 valence electrons. The van der Waals surface area contributed by atoms with Crippen molar-refractivity contribution in [2.24, 2.45) is 0 Å². The van der Waals surface area contributed by atoms with Crippen molar-refractivity contribution in [3.63, 3.8) is 0 Å². The first-order valence-electron chi connectivity index (χ1n) is 8.35. The van der Waals surface area contributed by atoms with Crippen LogP contribution < -0.4 is 10.9 Å². The minimum atomic E-state index is -2.86. The van der Waals surface area contributed by atoms with Crippen LogP contribution in [0.15, 0.2) is 29.3 Å². The number of fused-ring (bicyclic) bond motifs is 1. The zero-order valence-corrected chi connectivity index (χ0v) is 13.8. The van der Waals surface area contributed by atoms with Crippen LogP contribution in [0.1, 0.15) is 17.7 Å². The largest absolute Gasteiger partial charge is 0.335 e. The summed E-state index contributed by atoms with van der Waals surface area (Å²) in [6.07, 6.45) is 3.05. The van der Waals surface area contributed by atoms with Crippen molar-refractivity contribution in [1.82, 2.24) is 25.2 Å². The number of pyridine rings is 1. The lowest BCUT2D eigenvalue weighted by atomic mass is 10.0. The quantitative estimate of drug-likeness (QED) is 0.822. The van der Waals surface area contributed by atoms with E-state index in [1.807, 2.05) is 0 Å². The molecule has 4 heterocycles. The van der Waals surface area contributed by atoms with Gasteiger partial charge in [0.15, 0.2) is 0 Å². The first-order chi connectivity index (χ1) is 12.4. The maximum atomic E-state index is 13.4. The predicted molar refractivity (Wildman–Crippen MR) is 88.6 cm³/mol. The molecule has 1 amide bonds. The zero-order valence-electron chi connectivity index (χ0n) is 13.8. The SMILES string of the molecule is O=C([C@@H]1CC(F)(F)CN1)N1CCc2c(nc(-c3cccnc3)[nH]c2=O)C1. The van der Waals surface area contributed by atoms with E-state index in [4.69, 9.17) is 0 Å². The molecule has 0 aliphatic carbocycles. The van der Waals surface area contributed by atoms with E-state index in [9.17, 15) is 18.4 Å². The number of halogens is 2. The summed E-state index contributed by atoms with van der Waals surface area (Å²) < 4.78 is 26.7. The number of carbonyl (C=O) groups excluding carboxylic acids is 1. The number of H-pyrrole nitrogens is 1. The van der Waals surface area contributed by atoms with Crippen LogP contribution in [0.5, 0.6) is 0 Å². The molecule has 0 spiro atoms. The maximum absolute atomic E-state index is 13.4. The molecular weight excluding hydrogens is 344 g/mol. The molecular formula is C17H17F2N5O2. The summed E-state index contributed by atoms with van der Waals surface area (Å²) in [5.74, 6) is -2.86. The van der Waals surface area contributed by atoms with Gasteiger partial charge in [0.05, 0.1) is 24.8 Å². The molecule has 2 N–H and O–H groups in total. The highest BCUT2D eigenvalue weighted by atomic mass is 19.3. The molecule has 0 unspecified atom stereocenters. The molecule has 0 radical (unpaired) electrons. The summed E-state index contributed by atoms with van der Waals surface area (Å²) in [6, 6.07) is 2.61. The van der Waals surface area contributed by atoms with Gasteiger partial charge in [-0.2, -0.15) is 0 Å². The third-order valence-corrected chi connectivity index (χ3v) is 4.73. The fourth-order valence-electron chi connectivity index (χ4n) is 3.38. The van der Waals surface area contributed by atoms with Gasteiger partial charge in [-0.1, -0.05) is 0 Å². The van der Waals surface area contributed by atoms with Crippen molar-refractivity contribution in [2.75, 3.05) is 13.1 Å². The molecule has 26 heavy (non-hydrogen) atoms. The molecule has 2 aromatic rings. The Hall–Kier alpha value is -2.68. The van der Waals surface area contributed by atoms with Crippen molar-refractivity contribution < 1.29 is 13.6 Å². The Morgan fingerprint density at radius 1 is 1.38 bits per heavy atom. The second kappa shape index (κ2) is 6.24. The van der Waals surface area contributed by atoms with Crippen LogP contribution in [0.25, 0.3) is 11.4 Å². The number of nitrogens with zero attached hydrogens (tertiary/aromatic N) is 3. The molecule has 2 aromatic heterocycles. The number of amides is 1. The van der Waals surface area contributed by atoms with E-state index in [1.165, 1.54) is 4.90 Å². The van der Waals surface area contributed by atoms with E-state index >= 15 is 0 Å². The molecule has 2 aliphatic rings. The molecule has 1 atom stereocenters. The van der Waals surface area contributed by atoms with Gasteiger partial charge in [-0.15, -0.1) is 0 Å². The van der Waals surface area contributed by atoms with Crippen LogP contribution in [0.3, 0.4) is 0 Å². The Morgan fingerprint density at radius 3 is 2.92 bits per heavy atom. The second-order valence-electron chi connectivity index (χ2n) is 6.58. The Bertz CT molecular complexity index is 900. The molecule has 9 heteroatoms. The molecule has 0 bridgehead atoms. The molecule has 1 fully saturated rings. The highest BCUT2D eigenvalue weighted by Crippen LogP contribution is 2.27. The van der Waals surface area contributed by atoms with Gasteiger partial charge in [-0.3, -0.25) is 19.9 Å². The first-order valence-corrected chi connectivity index (χ1v) is 8.35. The highest BCUT2D eigenvalue weighted by Gasteiger charge is 2.44. The summed E-state index contributed by atoms with van der Waals surface area (Å²) in [5, 5.41) is 2.58. The first kappa shape index (κ1) is 16.8. The van der Waals surface area contributed by atoms with Gasteiger partial charge in [0.25, 0.3) is 11.5 Å². The standard InChI is InChI=1S/C17H17F2N5O2/c18-17(19)6-12(21-9-17)16(26)24-5-3-11-13(8-24)22-14(23-15(11)25)10-2-1-4-20-7-10/h1-2,4,7,12,21H,3,5-6,8-9H2,(H,22,23,25)/t12-/m0/s1. The van der Waals surface area contributed by atoms with E-state index in [2.05, 4.69) is 20.3 Å². The van der Waals surface area contributed by atoms with Crippen LogP contribution in [0.4, 0.5) is 8.78 Å². The lowest BCUT2D eigenvalue weighted by Crippen LogP contribution is -2.46. The van der Waals surface area contributed by atoms with Crippen molar-refractivity contribution in [2.45, 2.75) is 31.4 Å². The summed E-state index contributed by atoms with van der Waals surface area (Å²) in [7, 11) is 0. The van der Waals surface area contributed by atoms with Gasteiger partial charge in [0, 0.05) is 36.5 Å². The highest BCUT2D eigenvalue weighted by molar-refractivity contribution is 5.82. The summed E-state index contributed by atoms with van der Waals surface area (Å²) in [6.45, 7) is -0.0431. The summed E-state index contributed by atoms with van der Waals surface area (Å²) in [5.41, 5.74) is 1.45. The van der Waals surface area contributed by atoms with E-state index in [0.717, 1.165) is 0 Å². The van der Waals surface area contributed by atoms with Crippen LogP contribution >= 0.6 is 0 Å². The molecule has 1 saturated heterocycles. The molecule has 7 nitrogen and oxygen atoms in total. The number of hydrogen-bond donors (Lipinski definition) is 2. The van der Waals surface area contributed by atoms with Crippen LogP contribution in [-0.2, 0) is 17.8 Å². The Labute approximate surface area is 147 Å². The maximum Gasteiger partial charge on any atom is 0.262 e. The summed E-state index contributed by atoms with van der Waals surface area (Å²) >= 11 is 0. The van der Waals surface area contributed by atoms with E-state index in [0.29, 0.717) is 35.6 Å². The predicted octanol–water partition coefficient (Wildman–Crippen LogP) is 0.714. The van der Waals surface area contributed by atoms with Gasteiger partial charge in [-0.05, 0) is 18.6 Å². The Balaban J connectivity index is 1.59. The number of rotatable bonds is 2. The van der Waals surface area contributed by atoms with E-state index < -0.39 is 24.9 Å². The monoisotopic (exact) mass is 361 g/mol. The van der Waals surface area contributed by atoms with Crippen molar-refractivity contribution >= 4 is 5.91 Å². The third kappa shape index (κ3) is 3.10. The minimum absolute atomic E-state index is 0.134. The van der Waals surface area contributed by atoms with Crippen molar-refractivity contribution in [3.8, 4) is 11.4 Å². The second-order valence-corrected chi connectivity index (χ2v) is 6.58. The van der Waals surface area contributed by atoms with Gasteiger partial charge in [0.2, 0.25) is 5.91 Å². The normalized spacial score (nSPS) is 21.5. The Kier molecular flexibility index (Phi) is 4.03. The molecule has 4 rings (SSSR count). The summed E-state index contributed by atoms with van der Waals surface area (Å²) in [4.78, 5) is 37.6. The number of hydrogen-bond acceptors (Lipinski definition) is 5. The fraction of sp³-hybridized carbons (Fsp3) is 0.412. The number of alkyl halides is 2. The van der Waals surface area contributed by atoms with Crippen molar-refractivity contribution in [3.05, 3.63) is 46.1 Å². The van der Waals surface area contributed by atoms with Gasteiger partial charge < -0.3 is 9.88 Å². The molecule has 2 aliphatic heterocycles. The zero-order chi connectivity index (χ0) is 18.3. The van der Waals surface area contributed by atoms with Crippen LogP contribution in [0, 0.1) is 0 Å². The minimum Gasteiger partial charge on any atom is -0.335 e. The Morgan fingerprint density at radius 2 is 2.23 bits per heavy atom. The number of aromatic nitrogens is 3. The van der Waals surface area contributed by atoms with Crippen LogP contribution in [-0.4, -0.2) is 50.8 Å². The van der Waals surface area contributed by atoms with E-state index in [-0.39, 0.29) is 18.0 Å². The molecule has 0 saturated carbocycles. The van der Waals surface area contributed by atoms with E-state index in [1.54, 1.807) is 24.5 Å². The lowest BCUT2D eigenvalue weighted by Gasteiger charge is -2.30. The van der Waals surface area contributed by atoms with Crippen molar-refractivity contribution in [1.29, 1.82) is 0 Å². The smallest absolute Gasteiger partial charge is 0.262 e. The lowest BCUT2D eigenvalue weighted by molar-refractivity contribution is -0.134. The number of nitrogens with one attached hydrogen (secondary N) is 2. The average molecular weight is 361 g/mol. The number of carbonyl (C=O) groups is 1.